The van der Waals surface area contributed by atoms with Crippen molar-refractivity contribution in [1.29, 1.82) is 0 Å². The van der Waals surface area contributed by atoms with Gasteiger partial charge in [0.1, 0.15) is 0 Å². The van der Waals surface area contributed by atoms with Crippen LogP contribution >= 0.6 is 11.6 Å². The van der Waals surface area contributed by atoms with Crippen LogP contribution in [0, 0.1) is 0 Å². The molecule has 0 fully saturated rings. The van der Waals surface area contributed by atoms with Gasteiger partial charge < -0.3 is 0 Å². The Kier molecular flexibility index (Phi) is 6.39. The van der Waals surface area contributed by atoms with Gasteiger partial charge in [-0.25, -0.2) is 0 Å². The summed E-state index contributed by atoms with van der Waals surface area (Å²) in [6, 6.07) is 17.1. The summed E-state index contributed by atoms with van der Waals surface area (Å²) in [6.07, 6.45) is 8.88. The Balaban J connectivity index is 0.000000617. The van der Waals surface area contributed by atoms with Gasteiger partial charge in [-0.1, -0.05) is 72.8 Å². The summed E-state index contributed by atoms with van der Waals surface area (Å²) in [5.41, 5.74) is 5.31. The first-order valence-electron chi connectivity index (χ1n) is 7.53. The summed E-state index contributed by atoms with van der Waals surface area (Å²) >= 11 is 6.85. The zero-order valence-corrected chi connectivity index (χ0v) is 16.2. The van der Waals surface area contributed by atoms with E-state index in [1.54, 1.807) is 0 Å². The molecule has 0 nitrogen and oxygen atoms in total. The average Bonchev–Trinajstić information content (AvgIpc) is 3.20. The summed E-state index contributed by atoms with van der Waals surface area (Å²) < 4.78 is 0. The first-order valence-corrected chi connectivity index (χ1v) is 7.96. The van der Waals surface area contributed by atoms with E-state index in [1.807, 2.05) is 0 Å². The number of alkyl halides is 1. The van der Waals surface area contributed by atoms with Crippen LogP contribution in [-0.4, -0.2) is 5.38 Å². The van der Waals surface area contributed by atoms with Gasteiger partial charge in [-0.2, -0.15) is 0 Å². The third-order valence-corrected chi connectivity index (χ3v) is 4.91. The van der Waals surface area contributed by atoms with E-state index in [1.165, 1.54) is 22.3 Å². The zero-order valence-electron chi connectivity index (χ0n) is 13.0. The van der Waals surface area contributed by atoms with Crippen molar-refractivity contribution in [2.75, 3.05) is 0 Å². The molecular formula is C21H19ClZr. The van der Waals surface area contributed by atoms with E-state index < -0.39 is 0 Å². The van der Waals surface area contributed by atoms with E-state index in [0.717, 1.165) is 0 Å². The van der Waals surface area contributed by atoms with Crippen molar-refractivity contribution in [1.82, 2.24) is 0 Å². The third-order valence-electron chi connectivity index (χ3n) is 4.36. The molecule has 114 valence electrons. The molecule has 0 aliphatic heterocycles. The summed E-state index contributed by atoms with van der Waals surface area (Å²) in [4.78, 5) is 0. The number of hydrogen-bond acceptors (Lipinski definition) is 0. The molecule has 0 bridgehead atoms. The molecule has 0 aromatic heterocycles. The molecule has 0 amide bonds. The van der Waals surface area contributed by atoms with Gasteiger partial charge >= 0.3 is 0 Å². The van der Waals surface area contributed by atoms with Crippen molar-refractivity contribution >= 4 is 23.8 Å². The SMILES string of the molecule is C=C.ClC(C1C=Cc2ccccc21)C1C=Cc2ccccc21.[Zr]. The number of allylic oxidation sites excluding steroid dienone is 2. The Morgan fingerprint density at radius 3 is 1.57 bits per heavy atom. The number of halogens is 1. The van der Waals surface area contributed by atoms with Crippen molar-refractivity contribution in [3.05, 3.63) is 96.1 Å². The largest absolute Gasteiger partial charge is 0.121 e. The van der Waals surface area contributed by atoms with E-state index in [2.05, 4.69) is 86.0 Å². The van der Waals surface area contributed by atoms with Gasteiger partial charge in [0.15, 0.2) is 0 Å². The number of fused-ring (bicyclic) bond motifs is 2. The topological polar surface area (TPSA) is 0 Å². The minimum atomic E-state index is 0. The van der Waals surface area contributed by atoms with E-state index in [0.29, 0.717) is 11.8 Å². The van der Waals surface area contributed by atoms with Gasteiger partial charge in [-0.15, -0.1) is 24.8 Å². The molecule has 2 unspecified atom stereocenters. The van der Waals surface area contributed by atoms with Crippen molar-refractivity contribution in [3.63, 3.8) is 0 Å². The molecule has 0 saturated heterocycles. The molecule has 23 heavy (non-hydrogen) atoms. The van der Waals surface area contributed by atoms with Crippen molar-refractivity contribution in [2.45, 2.75) is 17.2 Å². The quantitative estimate of drug-likeness (QED) is 0.429. The van der Waals surface area contributed by atoms with E-state index in [-0.39, 0.29) is 31.6 Å². The second-order valence-corrected chi connectivity index (χ2v) is 5.98. The second-order valence-electron chi connectivity index (χ2n) is 5.47. The molecule has 0 heterocycles. The van der Waals surface area contributed by atoms with E-state index in [9.17, 15) is 0 Å². The predicted octanol–water partition coefficient (Wildman–Crippen LogP) is 6.01. The van der Waals surface area contributed by atoms with Gasteiger partial charge in [0, 0.05) is 38.0 Å². The zero-order chi connectivity index (χ0) is 15.5. The summed E-state index contributed by atoms with van der Waals surface area (Å²) in [6.45, 7) is 6.00. The normalized spacial score (nSPS) is 20.7. The van der Waals surface area contributed by atoms with Crippen LogP contribution in [0.3, 0.4) is 0 Å². The van der Waals surface area contributed by atoms with Crippen molar-refractivity contribution in [3.8, 4) is 0 Å². The number of rotatable bonds is 2. The van der Waals surface area contributed by atoms with Gasteiger partial charge in [0.2, 0.25) is 0 Å². The summed E-state index contributed by atoms with van der Waals surface area (Å²) in [5, 5.41) is 0.0646. The Labute approximate surface area is 162 Å². The maximum absolute atomic E-state index is 6.85. The predicted molar refractivity (Wildman–Crippen MR) is 97.3 cm³/mol. The van der Waals surface area contributed by atoms with Crippen LogP contribution in [0.15, 0.2) is 73.8 Å². The molecule has 0 spiro atoms. The Morgan fingerprint density at radius 1 is 0.739 bits per heavy atom. The minimum absolute atomic E-state index is 0. The molecule has 2 aliphatic carbocycles. The van der Waals surface area contributed by atoms with Crippen LogP contribution < -0.4 is 0 Å². The molecule has 4 rings (SSSR count). The smallest absolute Gasteiger partial charge is 0.0543 e. The van der Waals surface area contributed by atoms with Gasteiger partial charge in [-0.3, -0.25) is 0 Å². The van der Waals surface area contributed by atoms with Crippen LogP contribution in [0.25, 0.3) is 12.2 Å². The summed E-state index contributed by atoms with van der Waals surface area (Å²) in [7, 11) is 0. The first kappa shape index (κ1) is 18.2. The minimum Gasteiger partial charge on any atom is -0.121 e. The fourth-order valence-electron chi connectivity index (χ4n) is 3.33. The maximum Gasteiger partial charge on any atom is 0.0543 e. The van der Waals surface area contributed by atoms with E-state index in [4.69, 9.17) is 11.6 Å². The van der Waals surface area contributed by atoms with Crippen LogP contribution in [-0.2, 0) is 26.2 Å². The van der Waals surface area contributed by atoms with Crippen molar-refractivity contribution in [2.24, 2.45) is 0 Å². The molecule has 2 aliphatic rings. The Hall–Kier alpha value is -1.17. The molecule has 2 heteroatoms. The fourth-order valence-corrected chi connectivity index (χ4v) is 3.77. The van der Waals surface area contributed by atoms with Crippen molar-refractivity contribution < 1.29 is 26.2 Å². The monoisotopic (exact) mass is 396 g/mol. The molecule has 0 saturated carbocycles. The maximum atomic E-state index is 6.85. The van der Waals surface area contributed by atoms with Crippen LogP contribution in [0.1, 0.15) is 34.1 Å². The van der Waals surface area contributed by atoms with Gasteiger partial charge in [-0.05, 0) is 22.3 Å². The summed E-state index contributed by atoms with van der Waals surface area (Å²) in [5.74, 6) is 0.599. The number of benzene rings is 2. The van der Waals surface area contributed by atoms with E-state index >= 15 is 0 Å². The molecule has 2 aromatic rings. The molecule has 0 radical (unpaired) electrons. The van der Waals surface area contributed by atoms with Gasteiger partial charge in [0.25, 0.3) is 0 Å². The molecule has 2 aromatic carbocycles. The molecule has 2 atom stereocenters. The fraction of sp³-hybridized carbons (Fsp3) is 0.143. The van der Waals surface area contributed by atoms with Crippen LogP contribution in [0.2, 0.25) is 0 Å². The molecular weight excluding hydrogens is 379 g/mol. The standard InChI is InChI=1S/C19H15Cl.C2H4.Zr/c20-19(17-11-9-13-5-1-3-7-15(13)17)18-12-10-14-6-2-4-8-16(14)18;1-2;/h1-12,17-19H;1-2H2;. The van der Waals surface area contributed by atoms with Crippen LogP contribution in [0.5, 0.6) is 0 Å². The first-order chi connectivity index (χ1) is 10.8. The second kappa shape index (κ2) is 8.09. The average molecular weight is 398 g/mol. The molecule has 0 N–H and O–H groups in total. The van der Waals surface area contributed by atoms with Gasteiger partial charge in [0.05, 0.1) is 5.38 Å². The van der Waals surface area contributed by atoms with Crippen LogP contribution in [0.4, 0.5) is 0 Å². The Bertz CT molecular complexity index is 671. The third kappa shape index (κ3) is 3.37. The Morgan fingerprint density at radius 2 is 1.13 bits per heavy atom. The number of hydrogen-bond donors (Lipinski definition) is 0.